The number of nitrogens with one attached hydrogen (secondary N) is 1. The highest BCUT2D eigenvalue weighted by Gasteiger charge is 2.10. The number of hydrogen-bond acceptors (Lipinski definition) is 6. The van der Waals surface area contributed by atoms with Crippen LogP contribution in [0, 0.1) is 0 Å². The predicted octanol–water partition coefficient (Wildman–Crippen LogP) is 1.00. The summed E-state index contributed by atoms with van der Waals surface area (Å²) in [6.45, 7) is 0.523. The maximum Gasteiger partial charge on any atom is 0.337 e. The Kier molecular flexibility index (Phi) is 3.42. The average molecular weight is 248 g/mol. The molecule has 4 N–H and O–H groups in total. The number of carboxylic acids is 1. The number of para-hydroxylation sites is 1. The average Bonchev–Trinajstić information content (AvgIpc) is 2.84. The second kappa shape index (κ2) is 5.17. The molecule has 0 aliphatic carbocycles. The van der Waals surface area contributed by atoms with Gasteiger partial charge in [-0.15, -0.1) is 0 Å². The molecule has 2 aromatic rings. The highest BCUT2D eigenvalue weighted by molar-refractivity contribution is 5.97. The van der Waals surface area contributed by atoms with E-state index in [1.807, 2.05) is 0 Å². The lowest BCUT2D eigenvalue weighted by Crippen LogP contribution is -2.10. The van der Waals surface area contributed by atoms with Gasteiger partial charge in [0.1, 0.15) is 0 Å². The number of nitrogens with two attached hydrogens (primary N) is 1. The first-order valence-corrected chi connectivity index (χ1v) is 5.29. The topological polar surface area (TPSA) is 114 Å². The van der Waals surface area contributed by atoms with E-state index in [9.17, 15) is 4.79 Å². The fraction of sp³-hybridized carbons (Fsp3) is 0.182. The third kappa shape index (κ3) is 2.57. The summed E-state index contributed by atoms with van der Waals surface area (Å²) in [5.74, 6) is -0.538. The molecular formula is C11H12N4O3. The second-order valence-corrected chi connectivity index (χ2v) is 3.58. The number of anilines is 2. The molecule has 0 amide bonds. The number of aromatic nitrogens is 2. The predicted molar refractivity (Wildman–Crippen MR) is 64.3 cm³/mol. The molecular weight excluding hydrogens is 236 g/mol. The molecule has 0 aliphatic heterocycles. The molecule has 2 rings (SSSR count). The fourth-order valence-electron chi connectivity index (χ4n) is 1.52. The lowest BCUT2D eigenvalue weighted by molar-refractivity contribution is 0.0698. The minimum atomic E-state index is -1.05. The van der Waals surface area contributed by atoms with Crippen LogP contribution < -0.4 is 11.1 Å². The van der Waals surface area contributed by atoms with E-state index in [0.717, 1.165) is 0 Å². The van der Waals surface area contributed by atoms with Crippen LogP contribution in [0.25, 0.3) is 0 Å². The first-order chi connectivity index (χ1) is 8.68. The van der Waals surface area contributed by atoms with Gasteiger partial charge in [-0.3, -0.25) is 0 Å². The standard InChI is InChI=1S/C11H12N4O3/c12-10-7(11(16)17)2-1-3-8(10)13-5-4-9-14-6-15-18-9/h1-3,6,13H,4-5,12H2,(H,16,17). The number of carbonyl (C=O) groups is 1. The van der Waals surface area contributed by atoms with Gasteiger partial charge in [0.2, 0.25) is 5.89 Å². The first kappa shape index (κ1) is 11.9. The fourth-order valence-corrected chi connectivity index (χ4v) is 1.52. The molecule has 0 spiro atoms. The van der Waals surface area contributed by atoms with Gasteiger partial charge in [-0.2, -0.15) is 4.98 Å². The van der Waals surface area contributed by atoms with Crippen molar-refractivity contribution in [2.45, 2.75) is 6.42 Å². The third-order valence-corrected chi connectivity index (χ3v) is 2.40. The molecule has 0 unspecified atom stereocenters. The third-order valence-electron chi connectivity index (χ3n) is 2.40. The van der Waals surface area contributed by atoms with Crippen LogP contribution in [-0.2, 0) is 6.42 Å². The Labute approximate surface area is 103 Å². The molecule has 7 heteroatoms. The van der Waals surface area contributed by atoms with Gasteiger partial charge in [-0.1, -0.05) is 11.2 Å². The van der Waals surface area contributed by atoms with Gasteiger partial charge >= 0.3 is 5.97 Å². The van der Waals surface area contributed by atoms with Crippen LogP contribution in [0.3, 0.4) is 0 Å². The van der Waals surface area contributed by atoms with Crippen LogP contribution >= 0.6 is 0 Å². The molecule has 18 heavy (non-hydrogen) atoms. The summed E-state index contributed by atoms with van der Waals surface area (Å²) >= 11 is 0. The van der Waals surface area contributed by atoms with Crippen molar-refractivity contribution in [1.29, 1.82) is 0 Å². The Morgan fingerprint density at radius 3 is 3.00 bits per heavy atom. The Hall–Kier alpha value is -2.57. The molecule has 1 heterocycles. The summed E-state index contributed by atoms with van der Waals surface area (Å²) in [7, 11) is 0. The van der Waals surface area contributed by atoms with E-state index < -0.39 is 5.97 Å². The van der Waals surface area contributed by atoms with Crippen LogP contribution in [0.15, 0.2) is 29.0 Å². The van der Waals surface area contributed by atoms with E-state index in [-0.39, 0.29) is 11.3 Å². The minimum absolute atomic E-state index is 0.0813. The summed E-state index contributed by atoms with van der Waals surface area (Å²) in [5, 5.41) is 15.4. The zero-order valence-corrected chi connectivity index (χ0v) is 9.46. The number of hydrogen-bond donors (Lipinski definition) is 3. The van der Waals surface area contributed by atoms with E-state index in [2.05, 4.69) is 15.5 Å². The molecule has 1 aromatic heterocycles. The maximum atomic E-state index is 10.9. The molecule has 1 aromatic carbocycles. The van der Waals surface area contributed by atoms with Gasteiger partial charge in [-0.25, -0.2) is 4.79 Å². The van der Waals surface area contributed by atoms with Crippen molar-refractivity contribution in [2.75, 3.05) is 17.6 Å². The molecule has 0 aliphatic rings. The highest BCUT2D eigenvalue weighted by Crippen LogP contribution is 2.22. The second-order valence-electron chi connectivity index (χ2n) is 3.58. The van der Waals surface area contributed by atoms with Crippen molar-refractivity contribution >= 4 is 17.3 Å². The summed E-state index contributed by atoms with van der Waals surface area (Å²) in [6.07, 6.45) is 1.87. The minimum Gasteiger partial charge on any atom is -0.478 e. The monoisotopic (exact) mass is 248 g/mol. The van der Waals surface area contributed by atoms with E-state index in [0.29, 0.717) is 24.5 Å². The van der Waals surface area contributed by atoms with Crippen LogP contribution in [0.4, 0.5) is 11.4 Å². The van der Waals surface area contributed by atoms with Crippen molar-refractivity contribution in [3.05, 3.63) is 36.0 Å². The summed E-state index contributed by atoms with van der Waals surface area (Å²) < 4.78 is 4.84. The molecule has 0 saturated carbocycles. The molecule has 0 saturated heterocycles. The van der Waals surface area contributed by atoms with Crippen LogP contribution in [0.2, 0.25) is 0 Å². The summed E-state index contributed by atoms with van der Waals surface area (Å²) in [5.41, 5.74) is 6.63. The lowest BCUT2D eigenvalue weighted by atomic mass is 10.1. The molecule has 0 radical (unpaired) electrons. The zero-order chi connectivity index (χ0) is 13.0. The Morgan fingerprint density at radius 1 is 1.50 bits per heavy atom. The van der Waals surface area contributed by atoms with Crippen LogP contribution in [-0.4, -0.2) is 27.8 Å². The van der Waals surface area contributed by atoms with Crippen molar-refractivity contribution in [1.82, 2.24) is 10.1 Å². The highest BCUT2D eigenvalue weighted by atomic mass is 16.5. The van der Waals surface area contributed by atoms with E-state index in [4.69, 9.17) is 15.4 Å². The summed E-state index contributed by atoms with van der Waals surface area (Å²) in [4.78, 5) is 14.8. The van der Waals surface area contributed by atoms with E-state index >= 15 is 0 Å². The number of carboxylic acid groups (broad SMARTS) is 1. The number of aromatic carboxylic acids is 1. The smallest absolute Gasteiger partial charge is 0.337 e. The Balaban J connectivity index is 2.01. The van der Waals surface area contributed by atoms with Crippen molar-refractivity contribution in [2.24, 2.45) is 0 Å². The van der Waals surface area contributed by atoms with Crippen molar-refractivity contribution in [3.8, 4) is 0 Å². The van der Waals surface area contributed by atoms with Gasteiger partial charge in [0.15, 0.2) is 6.33 Å². The van der Waals surface area contributed by atoms with Gasteiger partial charge in [0.05, 0.1) is 16.9 Å². The first-order valence-electron chi connectivity index (χ1n) is 5.29. The van der Waals surface area contributed by atoms with Crippen LogP contribution in [0.5, 0.6) is 0 Å². The molecule has 0 atom stereocenters. The van der Waals surface area contributed by atoms with Crippen molar-refractivity contribution < 1.29 is 14.4 Å². The molecule has 0 fully saturated rings. The number of benzene rings is 1. The Morgan fingerprint density at radius 2 is 2.33 bits per heavy atom. The van der Waals surface area contributed by atoms with Crippen molar-refractivity contribution in [3.63, 3.8) is 0 Å². The van der Waals surface area contributed by atoms with E-state index in [1.165, 1.54) is 12.4 Å². The van der Waals surface area contributed by atoms with Gasteiger partial charge in [-0.05, 0) is 12.1 Å². The Bertz CT molecular complexity index is 539. The van der Waals surface area contributed by atoms with Gasteiger partial charge in [0.25, 0.3) is 0 Å². The zero-order valence-electron chi connectivity index (χ0n) is 9.46. The van der Waals surface area contributed by atoms with Crippen LogP contribution in [0.1, 0.15) is 16.2 Å². The molecule has 7 nitrogen and oxygen atoms in total. The lowest BCUT2D eigenvalue weighted by Gasteiger charge is -2.09. The molecule has 94 valence electrons. The number of rotatable bonds is 5. The maximum absolute atomic E-state index is 10.9. The van der Waals surface area contributed by atoms with Gasteiger partial charge in [0, 0.05) is 13.0 Å². The normalized spacial score (nSPS) is 10.2. The summed E-state index contributed by atoms with van der Waals surface area (Å²) in [6, 6.07) is 4.81. The van der Waals surface area contributed by atoms with E-state index in [1.54, 1.807) is 12.1 Å². The largest absolute Gasteiger partial charge is 0.478 e. The number of nitrogen functional groups attached to an aromatic ring is 1. The molecule has 0 bridgehead atoms. The quantitative estimate of drug-likeness (QED) is 0.676. The van der Waals surface area contributed by atoms with Gasteiger partial charge < -0.3 is 20.7 Å². The SMILES string of the molecule is Nc1c(NCCc2ncno2)cccc1C(=O)O. The number of nitrogens with zero attached hydrogens (tertiary/aromatic N) is 2.